The third-order valence-corrected chi connectivity index (χ3v) is 2.58. The second kappa shape index (κ2) is 4.47. The topological polar surface area (TPSA) is 52.6 Å². The molecule has 15 heavy (non-hydrogen) atoms. The molecule has 84 valence electrons. The van der Waals surface area contributed by atoms with Crippen LogP contribution < -0.4 is 0 Å². The summed E-state index contributed by atoms with van der Waals surface area (Å²) < 4.78 is 10.1. The maximum Gasteiger partial charge on any atom is 0.313 e. The average Bonchev–Trinajstić information content (AvgIpc) is 2.42. The molecule has 0 amide bonds. The first kappa shape index (κ1) is 11.8. The summed E-state index contributed by atoms with van der Waals surface area (Å²) in [6.45, 7) is 7.38. The fourth-order valence-electron chi connectivity index (χ4n) is 1.80. The second-order valence-electron chi connectivity index (χ2n) is 3.79. The smallest absolute Gasteiger partial charge is 0.313 e. The van der Waals surface area contributed by atoms with Crippen molar-refractivity contribution in [1.82, 2.24) is 0 Å². The Morgan fingerprint density at radius 3 is 3.00 bits per heavy atom. The molecule has 4 heteroatoms. The molecule has 0 radical (unpaired) electrons. The lowest BCUT2D eigenvalue weighted by Gasteiger charge is -2.26. The molecule has 1 aliphatic rings. The van der Waals surface area contributed by atoms with E-state index in [2.05, 4.69) is 6.58 Å². The van der Waals surface area contributed by atoms with E-state index in [0.29, 0.717) is 13.0 Å². The number of ether oxygens (including phenoxy) is 2. The van der Waals surface area contributed by atoms with Gasteiger partial charge in [0.05, 0.1) is 13.0 Å². The van der Waals surface area contributed by atoms with Gasteiger partial charge < -0.3 is 9.47 Å². The van der Waals surface area contributed by atoms with Gasteiger partial charge >= 0.3 is 11.9 Å². The van der Waals surface area contributed by atoms with E-state index in [1.54, 1.807) is 19.9 Å². The van der Waals surface area contributed by atoms with Gasteiger partial charge in [0.2, 0.25) is 0 Å². The molecule has 2 atom stereocenters. The zero-order valence-corrected chi connectivity index (χ0v) is 9.12. The zero-order chi connectivity index (χ0) is 11.5. The Morgan fingerprint density at radius 1 is 1.80 bits per heavy atom. The highest BCUT2D eigenvalue weighted by Gasteiger charge is 2.49. The van der Waals surface area contributed by atoms with Gasteiger partial charge in [0.1, 0.15) is 11.5 Å². The molecule has 1 rings (SSSR count). The number of carbonyl (C=O) groups excluding carboxylic acids is 2. The Morgan fingerprint density at radius 2 is 2.47 bits per heavy atom. The monoisotopic (exact) mass is 212 g/mol. The Balaban J connectivity index is 2.80. The molecule has 0 aromatic rings. The lowest BCUT2D eigenvalue weighted by molar-refractivity contribution is -0.156. The third-order valence-electron chi connectivity index (χ3n) is 2.58. The van der Waals surface area contributed by atoms with Crippen molar-refractivity contribution in [2.24, 2.45) is 5.92 Å². The molecule has 0 saturated carbocycles. The standard InChI is InChI=1S/C11H16O4/c1-4-6-11(3)8(7-9(12)15-11)10(13)14-5-2/h4,8H,1,5-7H2,2-3H3. The molecule has 0 aromatic heterocycles. The SMILES string of the molecule is C=CCC1(C)OC(=O)CC1C(=O)OCC. The lowest BCUT2D eigenvalue weighted by atomic mass is 9.86. The van der Waals surface area contributed by atoms with E-state index >= 15 is 0 Å². The minimum Gasteiger partial charge on any atom is -0.466 e. The summed E-state index contributed by atoms with van der Waals surface area (Å²) in [5.74, 6) is -1.23. The Hall–Kier alpha value is -1.32. The van der Waals surface area contributed by atoms with Gasteiger partial charge in [-0.05, 0) is 13.8 Å². The van der Waals surface area contributed by atoms with Crippen molar-refractivity contribution in [2.75, 3.05) is 6.61 Å². The van der Waals surface area contributed by atoms with E-state index in [-0.39, 0.29) is 18.4 Å². The van der Waals surface area contributed by atoms with Crippen molar-refractivity contribution in [3.8, 4) is 0 Å². The molecule has 1 saturated heterocycles. The number of esters is 2. The van der Waals surface area contributed by atoms with Crippen LogP contribution in [0.15, 0.2) is 12.7 Å². The zero-order valence-electron chi connectivity index (χ0n) is 9.12. The summed E-state index contributed by atoms with van der Waals surface area (Å²) in [5, 5.41) is 0. The molecular formula is C11H16O4. The molecule has 0 spiro atoms. The fraction of sp³-hybridized carbons (Fsp3) is 0.636. The van der Waals surface area contributed by atoms with Crippen LogP contribution in [0.3, 0.4) is 0 Å². The van der Waals surface area contributed by atoms with E-state index in [9.17, 15) is 9.59 Å². The van der Waals surface area contributed by atoms with Crippen molar-refractivity contribution in [3.05, 3.63) is 12.7 Å². The molecule has 1 fully saturated rings. The molecule has 0 aromatic carbocycles. The summed E-state index contributed by atoms with van der Waals surface area (Å²) in [6.07, 6.45) is 2.20. The number of cyclic esters (lactones) is 1. The van der Waals surface area contributed by atoms with Crippen LogP contribution in [0, 0.1) is 5.92 Å². The number of carbonyl (C=O) groups is 2. The van der Waals surface area contributed by atoms with Gasteiger partial charge in [-0.3, -0.25) is 9.59 Å². The van der Waals surface area contributed by atoms with E-state index < -0.39 is 11.5 Å². The molecule has 4 nitrogen and oxygen atoms in total. The second-order valence-corrected chi connectivity index (χ2v) is 3.79. The van der Waals surface area contributed by atoms with Crippen LogP contribution in [0.5, 0.6) is 0 Å². The highest BCUT2D eigenvalue weighted by molar-refractivity contribution is 5.84. The lowest BCUT2D eigenvalue weighted by Crippen LogP contribution is -2.37. The predicted molar refractivity (Wildman–Crippen MR) is 54.1 cm³/mol. The maximum atomic E-state index is 11.6. The van der Waals surface area contributed by atoms with Gasteiger partial charge in [0.15, 0.2) is 0 Å². The van der Waals surface area contributed by atoms with E-state index in [1.807, 2.05) is 0 Å². The first-order chi connectivity index (χ1) is 7.03. The molecule has 2 unspecified atom stereocenters. The normalized spacial score (nSPS) is 29.7. The molecule has 1 heterocycles. The number of rotatable bonds is 4. The summed E-state index contributed by atoms with van der Waals surface area (Å²) in [6, 6.07) is 0. The van der Waals surface area contributed by atoms with Crippen molar-refractivity contribution in [2.45, 2.75) is 32.3 Å². The molecule has 0 bridgehead atoms. The fourth-order valence-corrected chi connectivity index (χ4v) is 1.80. The van der Waals surface area contributed by atoms with Gasteiger partial charge in [-0.15, -0.1) is 6.58 Å². The molecular weight excluding hydrogens is 196 g/mol. The van der Waals surface area contributed by atoms with Gasteiger partial charge in [0.25, 0.3) is 0 Å². The Kier molecular flexibility index (Phi) is 3.50. The van der Waals surface area contributed by atoms with E-state index in [0.717, 1.165) is 0 Å². The number of hydrogen-bond donors (Lipinski definition) is 0. The van der Waals surface area contributed by atoms with Crippen LogP contribution in [0.4, 0.5) is 0 Å². The van der Waals surface area contributed by atoms with Crippen molar-refractivity contribution in [3.63, 3.8) is 0 Å². The molecule has 0 N–H and O–H groups in total. The molecule has 1 aliphatic heterocycles. The van der Waals surface area contributed by atoms with Crippen LogP contribution in [-0.2, 0) is 19.1 Å². The first-order valence-corrected chi connectivity index (χ1v) is 5.03. The van der Waals surface area contributed by atoms with Crippen LogP contribution in [0.1, 0.15) is 26.7 Å². The van der Waals surface area contributed by atoms with Gasteiger partial charge in [-0.25, -0.2) is 0 Å². The van der Waals surface area contributed by atoms with E-state index in [1.165, 1.54) is 0 Å². The van der Waals surface area contributed by atoms with Crippen LogP contribution in [0.25, 0.3) is 0 Å². The van der Waals surface area contributed by atoms with Crippen LogP contribution in [-0.4, -0.2) is 24.1 Å². The highest BCUT2D eigenvalue weighted by atomic mass is 16.6. The van der Waals surface area contributed by atoms with Crippen molar-refractivity contribution < 1.29 is 19.1 Å². The predicted octanol–water partition coefficient (Wildman–Crippen LogP) is 1.45. The quantitative estimate of drug-likeness (QED) is 0.522. The minimum atomic E-state index is -0.787. The van der Waals surface area contributed by atoms with Crippen LogP contribution >= 0.6 is 0 Å². The minimum absolute atomic E-state index is 0.100. The Labute approximate surface area is 89.2 Å². The van der Waals surface area contributed by atoms with Gasteiger partial charge in [0, 0.05) is 6.42 Å². The van der Waals surface area contributed by atoms with E-state index in [4.69, 9.17) is 9.47 Å². The third kappa shape index (κ3) is 2.37. The van der Waals surface area contributed by atoms with Gasteiger partial charge in [-0.1, -0.05) is 6.08 Å². The van der Waals surface area contributed by atoms with Crippen molar-refractivity contribution in [1.29, 1.82) is 0 Å². The van der Waals surface area contributed by atoms with Gasteiger partial charge in [-0.2, -0.15) is 0 Å². The first-order valence-electron chi connectivity index (χ1n) is 5.03. The maximum absolute atomic E-state index is 11.6. The highest BCUT2D eigenvalue weighted by Crippen LogP contribution is 2.36. The number of hydrogen-bond acceptors (Lipinski definition) is 4. The summed E-state index contributed by atoms with van der Waals surface area (Å²) in [7, 11) is 0. The summed E-state index contributed by atoms with van der Waals surface area (Å²) in [4.78, 5) is 22.8. The summed E-state index contributed by atoms with van der Waals surface area (Å²) >= 11 is 0. The largest absolute Gasteiger partial charge is 0.466 e. The van der Waals surface area contributed by atoms with Crippen LogP contribution in [0.2, 0.25) is 0 Å². The Bertz CT molecular complexity index is 284. The average molecular weight is 212 g/mol. The summed E-state index contributed by atoms with van der Waals surface area (Å²) in [5.41, 5.74) is -0.787. The molecule has 0 aliphatic carbocycles. The van der Waals surface area contributed by atoms with Crippen molar-refractivity contribution >= 4 is 11.9 Å².